The van der Waals surface area contributed by atoms with E-state index in [0.717, 1.165) is 41.7 Å². The van der Waals surface area contributed by atoms with Gasteiger partial charge in [-0.3, -0.25) is 9.11 Å². The summed E-state index contributed by atoms with van der Waals surface area (Å²) < 4.78 is 17.5. The summed E-state index contributed by atoms with van der Waals surface area (Å²) >= 11 is 11.0. The van der Waals surface area contributed by atoms with Crippen LogP contribution in [0, 0.1) is 0 Å². The first-order valence-electron chi connectivity index (χ1n) is 9.88. The largest absolute Gasteiger partial charge is 0.492 e. The van der Waals surface area contributed by atoms with Crippen LogP contribution >= 0.6 is 24.2 Å². The van der Waals surface area contributed by atoms with E-state index in [1.807, 2.05) is 42.5 Å². The zero-order valence-corrected chi connectivity index (χ0v) is 19.4. The van der Waals surface area contributed by atoms with Crippen LogP contribution in [0.25, 0.3) is 0 Å². The third-order valence-corrected chi connectivity index (χ3v) is 7.04. The summed E-state index contributed by atoms with van der Waals surface area (Å²) in [5.41, 5.74) is 1.26. The van der Waals surface area contributed by atoms with Crippen molar-refractivity contribution in [1.82, 2.24) is 10.2 Å². The SMILES string of the molecule is CC1CNC(COc2ccc(S(C)=O)cc2)C(S)CN1CCc1cccc(Cl)c1. The lowest BCUT2D eigenvalue weighted by Crippen LogP contribution is -2.42. The first-order valence-corrected chi connectivity index (χ1v) is 12.3. The molecule has 1 aliphatic heterocycles. The number of benzene rings is 2. The van der Waals surface area contributed by atoms with E-state index in [2.05, 4.69) is 23.2 Å². The zero-order valence-electron chi connectivity index (χ0n) is 16.9. The Morgan fingerprint density at radius 1 is 1.28 bits per heavy atom. The van der Waals surface area contributed by atoms with Crippen LogP contribution in [-0.4, -0.2) is 58.9 Å². The van der Waals surface area contributed by atoms with Crippen LogP contribution in [0.1, 0.15) is 12.5 Å². The molecule has 3 rings (SSSR count). The summed E-state index contributed by atoms with van der Waals surface area (Å²) in [7, 11) is -0.972. The van der Waals surface area contributed by atoms with E-state index in [0.29, 0.717) is 12.6 Å². The smallest absolute Gasteiger partial charge is 0.119 e. The fourth-order valence-corrected chi connectivity index (χ4v) is 4.63. The Balaban J connectivity index is 1.53. The van der Waals surface area contributed by atoms with Crippen molar-refractivity contribution in [3.05, 3.63) is 59.1 Å². The number of nitrogens with zero attached hydrogens (tertiary/aromatic N) is 1. The predicted octanol–water partition coefficient (Wildman–Crippen LogP) is 3.66. The molecule has 158 valence electrons. The van der Waals surface area contributed by atoms with E-state index >= 15 is 0 Å². The number of ether oxygens (including phenoxy) is 1. The number of rotatable bonds is 7. The molecule has 7 heteroatoms. The highest BCUT2D eigenvalue weighted by molar-refractivity contribution is 7.84. The highest BCUT2D eigenvalue weighted by Crippen LogP contribution is 2.18. The van der Waals surface area contributed by atoms with Crippen molar-refractivity contribution < 1.29 is 8.95 Å². The summed E-state index contributed by atoms with van der Waals surface area (Å²) in [6.45, 7) is 5.58. The Labute approximate surface area is 186 Å². The van der Waals surface area contributed by atoms with Crippen molar-refractivity contribution in [3.8, 4) is 5.75 Å². The number of halogens is 1. The van der Waals surface area contributed by atoms with E-state index in [1.165, 1.54) is 5.56 Å². The summed E-state index contributed by atoms with van der Waals surface area (Å²) in [6.07, 6.45) is 2.65. The summed E-state index contributed by atoms with van der Waals surface area (Å²) in [4.78, 5) is 3.29. The number of hydrogen-bond donors (Lipinski definition) is 2. The lowest BCUT2D eigenvalue weighted by atomic mass is 10.1. The maximum absolute atomic E-state index is 11.5. The molecule has 4 nitrogen and oxygen atoms in total. The third-order valence-electron chi connectivity index (χ3n) is 5.35. The van der Waals surface area contributed by atoms with Crippen molar-refractivity contribution in [2.75, 3.05) is 32.5 Å². The van der Waals surface area contributed by atoms with E-state index in [1.54, 1.807) is 6.26 Å². The van der Waals surface area contributed by atoms with Crippen LogP contribution in [0.15, 0.2) is 53.4 Å². The molecule has 4 atom stereocenters. The van der Waals surface area contributed by atoms with Gasteiger partial charge >= 0.3 is 0 Å². The Kier molecular flexibility index (Phi) is 8.45. The van der Waals surface area contributed by atoms with Crippen LogP contribution in [-0.2, 0) is 17.2 Å². The van der Waals surface area contributed by atoms with Gasteiger partial charge < -0.3 is 10.1 Å². The Morgan fingerprint density at radius 3 is 2.72 bits per heavy atom. The molecule has 2 aromatic rings. The third kappa shape index (κ3) is 6.72. The molecule has 1 aliphatic rings. The molecule has 29 heavy (non-hydrogen) atoms. The standard InChI is InChI=1S/C22H29ClN2O2S2/c1-16-13-24-21(15-27-19-6-8-20(9-7-19)29(2)26)22(28)14-25(16)11-10-17-4-3-5-18(23)12-17/h3-9,12,16,21-22,24,28H,10-11,13-15H2,1-2H3. The van der Waals surface area contributed by atoms with Crippen LogP contribution in [0.5, 0.6) is 5.75 Å². The van der Waals surface area contributed by atoms with Gasteiger partial charge in [0, 0.05) is 57.9 Å². The van der Waals surface area contributed by atoms with E-state index in [-0.39, 0.29) is 11.3 Å². The highest BCUT2D eigenvalue weighted by atomic mass is 35.5. The molecule has 0 radical (unpaired) electrons. The van der Waals surface area contributed by atoms with Gasteiger partial charge in [-0.25, -0.2) is 0 Å². The van der Waals surface area contributed by atoms with Gasteiger partial charge in [0.25, 0.3) is 0 Å². The fraction of sp³-hybridized carbons (Fsp3) is 0.455. The first-order chi connectivity index (χ1) is 13.9. The number of thiol groups is 1. The predicted molar refractivity (Wildman–Crippen MR) is 125 cm³/mol. The molecule has 0 bridgehead atoms. The molecule has 0 saturated carbocycles. The van der Waals surface area contributed by atoms with Gasteiger partial charge in [-0.1, -0.05) is 23.7 Å². The lowest BCUT2D eigenvalue weighted by molar-refractivity contribution is 0.225. The summed E-state index contributed by atoms with van der Waals surface area (Å²) in [5.74, 6) is 0.789. The maximum Gasteiger partial charge on any atom is 0.119 e. The van der Waals surface area contributed by atoms with Crippen LogP contribution in [0.2, 0.25) is 5.02 Å². The van der Waals surface area contributed by atoms with Gasteiger partial charge in [-0.05, 0) is 55.3 Å². The molecule has 4 unspecified atom stereocenters. The molecule has 1 saturated heterocycles. The summed E-state index contributed by atoms with van der Waals surface area (Å²) in [5, 5.41) is 4.56. The molecule has 1 N–H and O–H groups in total. The van der Waals surface area contributed by atoms with Crippen molar-refractivity contribution in [2.24, 2.45) is 0 Å². The van der Waals surface area contributed by atoms with Crippen molar-refractivity contribution in [2.45, 2.75) is 35.6 Å². The molecule has 1 heterocycles. The van der Waals surface area contributed by atoms with Gasteiger partial charge in [0.1, 0.15) is 12.4 Å². The van der Waals surface area contributed by atoms with Crippen molar-refractivity contribution >= 4 is 35.0 Å². The second-order valence-electron chi connectivity index (χ2n) is 7.54. The van der Waals surface area contributed by atoms with Gasteiger partial charge in [-0.15, -0.1) is 0 Å². The summed E-state index contributed by atoms with van der Waals surface area (Å²) in [6, 6.07) is 16.1. The van der Waals surface area contributed by atoms with E-state index in [9.17, 15) is 4.21 Å². The second-order valence-corrected chi connectivity index (χ2v) is 10.0. The van der Waals surface area contributed by atoms with Crippen LogP contribution in [0.4, 0.5) is 0 Å². The topological polar surface area (TPSA) is 41.6 Å². The van der Waals surface area contributed by atoms with Gasteiger partial charge in [0.15, 0.2) is 0 Å². The van der Waals surface area contributed by atoms with Gasteiger partial charge in [-0.2, -0.15) is 12.6 Å². The van der Waals surface area contributed by atoms with Crippen LogP contribution in [0.3, 0.4) is 0 Å². The Bertz CT molecular complexity index is 819. The van der Waals surface area contributed by atoms with Crippen molar-refractivity contribution in [3.63, 3.8) is 0 Å². The Morgan fingerprint density at radius 2 is 2.03 bits per heavy atom. The maximum atomic E-state index is 11.5. The monoisotopic (exact) mass is 452 g/mol. The second kappa shape index (κ2) is 10.8. The normalized spacial score (nSPS) is 24.1. The van der Waals surface area contributed by atoms with Crippen molar-refractivity contribution in [1.29, 1.82) is 0 Å². The lowest BCUT2D eigenvalue weighted by Gasteiger charge is -2.28. The fourth-order valence-electron chi connectivity index (χ4n) is 3.49. The molecular weight excluding hydrogens is 424 g/mol. The molecule has 2 aromatic carbocycles. The zero-order chi connectivity index (χ0) is 20.8. The minimum atomic E-state index is -0.972. The minimum absolute atomic E-state index is 0.164. The van der Waals surface area contributed by atoms with E-state index in [4.69, 9.17) is 29.0 Å². The quantitative estimate of drug-likeness (QED) is 0.629. The molecule has 0 spiro atoms. The molecule has 0 aliphatic carbocycles. The van der Waals surface area contributed by atoms with Gasteiger partial charge in [0.05, 0.1) is 6.04 Å². The number of nitrogens with one attached hydrogen (secondary N) is 1. The molecular formula is C22H29ClN2O2S2. The van der Waals surface area contributed by atoms with E-state index < -0.39 is 10.8 Å². The average molecular weight is 453 g/mol. The van der Waals surface area contributed by atoms with Crippen LogP contribution < -0.4 is 10.1 Å². The number of hydrogen-bond acceptors (Lipinski definition) is 5. The Hall–Kier alpha value is -1.05. The first kappa shape index (κ1) is 22.6. The molecule has 0 aromatic heterocycles. The average Bonchev–Trinajstić information content (AvgIpc) is 2.83. The highest BCUT2D eigenvalue weighted by Gasteiger charge is 2.28. The minimum Gasteiger partial charge on any atom is -0.492 e. The molecule has 0 amide bonds. The molecule has 1 fully saturated rings. The van der Waals surface area contributed by atoms with Gasteiger partial charge in [0.2, 0.25) is 0 Å².